The van der Waals surface area contributed by atoms with Gasteiger partial charge in [0.2, 0.25) is 0 Å². The third-order valence-electron chi connectivity index (χ3n) is 0.807. The quantitative estimate of drug-likeness (QED) is 0.594. The Morgan fingerprint density at radius 1 is 1.78 bits per heavy atom. The van der Waals surface area contributed by atoms with Crippen LogP contribution < -0.4 is 5.73 Å². The van der Waals surface area contributed by atoms with Gasteiger partial charge in [0, 0.05) is 6.07 Å². The lowest BCUT2D eigenvalue weighted by atomic mass is 10.5. The summed E-state index contributed by atoms with van der Waals surface area (Å²) in [6, 6.07) is 2.82. The predicted octanol–water partition coefficient (Wildman–Crippen LogP) is 1.34. The molecule has 0 aliphatic rings. The molecule has 1 aromatic rings. The lowest BCUT2D eigenvalue weighted by Crippen LogP contribution is -1.73. The predicted molar refractivity (Wildman–Crippen MR) is 33.4 cm³/mol. The van der Waals surface area contributed by atoms with Crippen LogP contribution in [0.25, 0.3) is 0 Å². The Hall–Kier alpha value is -1.08. The molecule has 4 heteroatoms. The summed E-state index contributed by atoms with van der Waals surface area (Å²) in [5, 5.41) is 8.53. The number of nitrogens with two attached hydrogens (primary N) is 1. The van der Waals surface area contributed by atoms with Crippen molar-refractivity contribution in [2.45, 2.75) is 0 Å². The maximum atomic E-state index is 12.3. The standard InChI is InChI=1S/C5H3FN2S/c6-3-1-5(8)9-4(3)2-7/h1H,8H2. The summed E-state index contributed by atoms with van der Waals surface area (Å²) >= 11 is 0.956. The van der Waals surface area contributed by atoms with E-state index in [-0.39, 0.29) is 4.88 Å². The zero-order valence-electron chi connectivity index (χ0n) is 4.39. The molecule has 46 valence electrons. The Bertz CT molecular complexity index is 260. The maximum absolute atomic E-state index is 12.3. The van der Waals surface area contributed by atoms with Gasteiger partial charge in [-0.05, 0) is 0 Å². The number of rotatable bonds is 0. The van der Waals surface area contributed by atoms with Gasteiger partial charge < -0.3 is 5.73 Å². The molecule has 0 atom stereocenters. The minimum Gasteiger partial charge on any atom is -0.390 e. The minimum absolute atomic E-state index is 0.0486. The molecule has 0 aliphatic carbocycles. The van der Waals surface area contributed by atoms with Gasteiger partial charge in [0.15, 0.2) is 5.82 Å². The molecule has 1 heterocycles. The largest absolute Gasteiger partial charge is 0.390 e. The fourth-order valence-electron chi connectivity index (χ4n) is 0.463. The van der Waals surface area contributed by atoms with Crippen molar-refractivity contribution in [3.63, 3.8) is 0 Å². The number of hydrogen-bond acceptors (Lipinski definition) is 3. The average Bonchev–Trinajstić information content (AvgIpc) is 2.10. The lowest BCUT2D eigenvalue weighted by molar-refractivity contribution is 0.630. The van der Waals surface area contributed by atoms with E-state index < -0.39 is 5.82 Å². The molecule has 0 fully saturated rings. The molecular formula is C5H3FN2S. The van der Waals surface area contributed by atoms with Gasteiger partial charge in [-0.2, -0.15) is 5.26 Å². The van der Waals surface area contributed by atoms with Crippen LogP contribution in [0, 0.1) is 17.1 Å². The van der Waals surface area contributed by atoms with Crippen molar-refractivity contribution in [3.8, 4) is 6.07 Å². The molecule has 0 radical (unpaired) electrons. The first-order valence-corrected chi connectivity index (χ1v) is 3.00. The summed E-state index contributed by atoms with van der Waals surface area (Å²) in [5.74, 6) is -0.528. The van der Waals surface area contributed by atoms with E-state index in [1.54, 1.807) is 6.07 Å². The van der Waals surface area contributed by atoms with Crippen LogP contribution in [0.15, 0.2) is 6.07 Å². The molecule has 9 heavy (non-hydrogen) atoms. The molecule has 0 bridgehead atoms. The molecule has 2 nitrogen and oxygen atoms in total. The molecule has 0 aromatic carbocycles. The maximum Gasteiger partial charge on any atom is 0.154 e. The summed E-state index contributed by atoms with van der Waals surface area (Å²) < 4.78 is 12.3. The van der Waals surface area contributed by atoms with Crippen LogP contribution in [-0.4, -0.2) is 0 Å². The van der Waals surface area contributed by atoms with E-state index in [1.807, 2.05) is 0 Å². The van der Waals surface area contributed by atoms with E-state index >= 15 is 0 Å². The monoisotopic (exact) mass is 142 g/mol. The van der Waals surface area contributed by atoms with E-state index in [0.29, 0.717) is 5.00 Å². The highest BCUT2D eigenvalue weighted by Crippen LogP contribution is 2.21. The minimum atomic E-state index is -0.528. The number of thiophene rings is 1. The van der Waals surface area contributed by atoms with Crippen LogP contribution in [0.3, 0.4) is 0 Å². The Morgan fingerprint density at radius 2 is 2.44 bits per heavy atom. The van der Waals surface area contributed by atoms with Gasteiger partial charge in [0.05, 0.1) is 5.00 Å². The van der Waals surface area contributed by atoms with Crippen LogP contribution in [-0.2, 0) is 0 Å². The summed E-state index contributed by atoms with van der Waals surface area (Å²) in [6.45, 7) is 0. The van der Waals surface area contributed by atoms with Crippen molar-refractivity contribution < 1.29 is 4.39 Å². The van der Waals surface area contributed by atoms with Crippen LogP contribution in [0.5, 0.6) is 0 Å². The van der Waals surface area contributed by atoms with Crippen molar-refractivity contribution >= 4 is 16.3 Å². The second-order valence-corrected chi connectivity index (χ2v) is 2.52. The van der Waals surface area contributed by atoms with Gasteiger partial charge >= 0.3 is 0 Å². The zero-order chi connectivity index (χ0) is 6.85. The lowest BCUT2D eigenvalue weighted by Gasteiger charge is -1.72. The van der Waals surface area contributed by atoms with E-state index in [1.165, 1.54) is 0 Å². The normalized spacial score (nSPS) is 8.89. The Kier molecular flexibility index (Phi) is 1.37. The Morgan fingerprint density at radius 3 is 2.67 bits per heavy atom. The fourth-order valence-corrected chi connectivity index (χ4v) is 1.06. The molecule has 1 aromatic heterocycles. The van der Waals surface area contributed by atoms with E-state index in [4.69, 9.17) is 11.0 Å². The first-order chi connectivity index (χ1) is 4.24. The van der Waals surface area contributed by atoms with Gasteiger partial charge in [-0.25, -0.2) is 4.39 Å². The molecule has 0 spiro atoms. The molecule has 0 amide bonds. The molecular weight excluding hydrogens is 139 g/mol. The van der Waals surface area contributed by atoms with E-state index in [9.17, 15) is 4.39 Å². The van der Waals surface area contributed by atoms with Crippen LogP contribution in [0.4, 0.5) is 9.39 Å². The molecule has 0 saturated carbocycles. The molecule has 2 N–H and O–H groups in total. The number of halogens is 1. The molecule has 0 aliphatic heterocycles. The van der Waals surface area contributed by atoms with Crippen molar-refractivity contribution in [1.29, 1.82) is 5.26 Å². The second-order valence-electron chi connectivity index (χ2n) is 1.44. The van der Waals surface area contributed by atoms with Gasteiger partial charge in [-0.1, -0.05) is 0 Å². The first kappa shape index (κ1) is 6.05. The van der Waals surface area contributed by atoms with Crippen LogP contribution >= 0.6 is 11.3 Å². The first-order valence-electron chi connectivity index (χ1n) is 2.19. The molecule has 1 rings (SSSR count). The number of anilines is 1. The highest BCUT2D eigenvalue weighted by atomic mass is 32.1. The van der Waals surface area contributed by atoms with Crippen molar-refractivity contribution in [2.75, 3.05) is 5.73 Å². The van der Waals surface area contributed by atoms with Crippen LogP contribution in [0.1, 0.15) is 4.88 Å². The summed E-state index contributed by atoms with van der Waals surface area (Å²) in [5.41, 5.74) is 5.18. The second kappa shape index (κ2) is 2.03. The number of nitriles is 1. The van der Waals surface area contributed by atoms with E-state index in [2.05, 4.69) is 0 Å². The highest BCUT2D eigenvalue weighted by Gasteiger charge is 2.03. The van der Waals surface area contributed by atoms with Gasteiger partial charge in [-0.15, -0.1) is 11.3 Å². The van der Waals surface area contributed by atoms with Gasteiger partial charge in [0.25, 0.3) is 0 Å². The fraction of sp³-hybridized carbons (Fsp3) is 0. The third kappa shape index (κ3) is 1.00. The zero-order valence-corrected chi connectivity index (χ0v) is 5.20. The summed E-state index contributed by atoms with van der Waals surface area (Å²) in [4.78, 5) is 0.0486. The Balaban J connectivity index is 3.20. The molecule has 0 unspecified atom stereocenters. The number of nitrogen functional groups attached to an aromatic ring is 1. The van der Waals surface area contributed by atoms with Crippen molar-refractivity contribution in [3.05, 3.63) is 16.8 Å². The summed E-state index contributed by atoms with van der Waals surface area (Å²) in [6.07, 6.45) is 0. The summed E-state index contributed by atoms with van der Waals surface area (Å²) in [7, 11) is 0. The molecule has 0 saturated heterocycles. The Labute approximate surface area is 55.3 Å². The van der Waals surface area contributed by atoms with Crippen LogP contribution in [0.2, 0.25) is 0 Å². The van der Waals surface area contributed by atoms with Gasteiger partial charge in [-0.3, -0.25) is 0 Å². The van der Waals surface area contributed by atoms with Crippen molar-refractivity contribution in [1.82, 2.24) is 0 Å². The smallest absolute Gasteiger partial charge is 0.154 e. The number of hydrogen-bond donors (Lipinski definition) is 1. The topological polar surface area (TPSA) is 49.8 Å². The third-order valence-corrected chi connectivity index (χ3v) is 1.65. The van der Waals surface area contributed by atoms with Gasteiger partial charge in [0.1, 0.15) is 10.9 Å². The average molecular weight is 142 g/mol. The van der Waals surface area contributed by atoms with E-state index in [0.717, 1.165) is 17.4 Å². The number of nitrogens with zero attached hydrogens (tertiary/aromatic N) is 1. The SMILES string of the molecule is N#Cc1sc(N)cc1F. The highest BCUT2D eigenvalue weighted by molar-refractivity contribution is 7.16. The van der Waals surface area contributed by atoms with Crippen molar-refractivity contribution in [2.24, 2.45) is 0 Å².